The molecule has 4 heterocycles. The molecule has 0 bridgehead atoms. The fourth-order valence-corrected chi connectivity index (χ4v) is 4.78. The Morgan fingerprint density at radius 2 is 2.10 bits per heavy atom. The molecule has 1 aliphatic rings. The summed E-state index contributed by atoms with van der Waals surface area (Å²) in [6.45, 7) is 5.05. The molecule has 30 heavy (non-hydrogen) atoms. The van der Waals surface area contributed by atoms with E-state index in [1.54, 1.807) is 17.0 Å². The molecule has 1 saturated heterocycles. The van der Waals surface area contributed by atoms with Crippen molar-refractivity contribution in [2.75, 3.05) is 13.1 Å². The average molecular weight is 429 g/mol. The van der Waals surface area contributed by atoms with Crippen LogP contribution in [0, 0.1) is 13.8 Å². The maximum absolute atomic E-state index is 12.4. The van der Waals surface area contributed by atoms with Gasteiger partial charge in [-0.1, -0.05) is 0 Å². The second-order valence-corrected chi connectivity index (χ2v) is 8.79. The number of H-pyrrole nitrogens is 1. The Bertz CT molecular complexity index is 1120. The molecule has 0 spiro atoms. The average Bonchev–Trinajstić information content (AvgIpc) is 3.35. The van der Waals surface area contributed by atoms with Gasteiger partial charge < -0.3 is 19.6 Å². The second-order valence-electron chi connectivity index (χ2n) is 7.59. The van der Waals surface area contributed by atoms with E-state index in [1.165, 1.54) is 17.6 Å². The third-order valence-corrected chi connectivity index (χ3v) is 6.66. The van der Waals surface area contributed by atoms with Crippen molar-refractivity contribution in [3.63, 3.8) is 0 Å². The summed E-state index contributed by atoms with van der Waals surface area (Å²) in [6, 6.07) is 3.39. The molecule has 4 rings (SSSR count). The number of amides is 2. The van der Waals surface area contributed by atoms with Crippen LogP contribution in [0.4, 0.5) is 0 Å². The molecule has 8 nitrogen and oxygen atoms in total. The first kappa shape index (κ1) is 20.3. The number of aryl methyl sites for hydroxylation is 3. The van der Waals surface area contributed by atoms with Gasteiger partial charge in [0.05, 0.1) is 11.6 Å². The van der Waals surface area contributed by atoms with Crippen LogP contribution in [0.1, 0.15) is 46.1 Å². The van der Waals surface area contributed by atoms with E-state index in [0.29, 0.717) is 49.3 Å². The number of thiophene rings is 1. The number of carbonyl (C=O) groups excluding carboxylic acids is 2. The lowest BCUT2D eigenvalue weighted by Crippen LogP contribution is -2.46. The lowest BCUT2D eigenvalue weighted by atomic mass is 10.0. The molecule has 0 aliphatic carbocycles. The van der Waals surface area contributed by atoms with E-state index in [-0.39, 0.29) is 29.8 Å². The zero-order valence-electron chi connectivity index (χ0n) is 17.0. The molecule has 9 heteroatoms. The van der Waals surface area contributed by atoms with Gasteiger partial charge in [-0.15, -0.1) is 11.3 Å². The molecule has 1 aliphatic heterocycles. The molecule has 0 radical (unpaired) electrons. The van der Waals surface area contributed by atoms with Crippen LogP contribution in [0.25, 0.3) is 10.2 Å². The third-order valence-electron chi connectivity index (χ3n) is 5.56. The minimum Gasteiger partial charge on any atom is -0.459 e. The molecule has 3 aromatic heterocycles. The van der Waals surface area contributed by atoms with E-state index in [9.17, 15) is 14.4 Å². The number of rotatable bonds is 5. The van der Waals surface area contributed by atoms with Gasteiger partial charge in [-0.25, -0.2) is 4.98 Å². The van der Waals surface area contributed by atoms with Crippen LogP contribution in [0.3, 0.4) is 0 Å². The first-order valence-corrected chi connectivity index (χ1v) is 10.8. The number of piperidine rings is 1. The highest BCUT2D eigenvalue weighted by molar-refractivity contribution is 7.18. The lowest BCUT2D eigenvalue weighted by Gasteiger charge is -2.31. The van der Waals surface area contributed by atoms with Crippen LogP contribution in [0.2, 0.25) is 0 Å². The SMILES string of the molecule is Cc1sc2nc(CCC(=O)NC3CCN(C(=O)c4ccco4)CC3)[nH]c(=O)c2c1C. The molecule has 0 aromatic carbocycles. The molecule has 2 amide bonds. The number of hydrogen-bond donors (Lipinski definition) is 2. The summed E-state index contributed by atoms with van der Waals surface area (Å²) in [7, 11) is 0. The zero-order chi connectivity index (χ0) is 21.3. The van der Waals surface area contributed by atoms with Gasteiger partial charge in [0.25, 0.3) is 11.5 Å². The summed E-state index contributed by atoms with van der Waals surface area (Å²) in [6.07, 6.45) is 3.52. The summed E-state index contributed by atoms with van der Waals surface area (Å²) in [4.78, 5) is 47.9. The fraction of sp³-hybridized carbons (Fsp3) is 0.429. The monoisotopic (exact) mass is 428 g/mol. The Kier molecular flexibility index (Phi) is 5.72. The molecule has 3 aromatic rings. The standard InChI is InChI=1S/C21H24N4O4S/c1-12-13(2)30-20-18(12)19(27)23-16(24-20)5-6-17(26)22-14-7-9-25(10-8-14)21(28)15-4-3-11-29-15/h3-4,11,14H,5-10H2,1-2H3,(H,22,26)(H,23,24,27). The highest BCUT2D eigenvalue weighted by Gasteiger charge is 2.25. The number of aromatic amines is 1. The van der Waals surface area contributed by atoms with Crippen molar-refractivity contribution in [2.24, 2.45) is 0 Å². The summed E-state index contributed by atoms with van der Waals surface area (Å²) >= 11 is 1.50. The molecular formula is C21H24N4O4S. The predicted molar refractivity (Wildman–Crippen MR) is 114 cm³/mol. The van der Waals surface area contributed by atoms with Gasteiger partial charge in [0.1, 0.15) is 10.7 Å². The van der Waals surface area contributed by atoms with Crippen LogP contribution < -0.4 is 10.9 Å². The summed E-state index contributed by atoms with van der Waals surface area (Å²) in [5, 5.41) is 3.67. The number of furan rings is 1. The Hall–Kier alpha value is -2.94. The maximum atomic E-state index is 12.4. The second kappa shape index (κ2) is 8.43. The first-order valence-electron chi connectivity index (χ1n) is 10.0. The van der Waals surface area contributed by atoms with Crippen molar-refractivity contribution >= 4 is 33.4 Å². The Morgan fingerprint density at radius 3 is 2.80 bits per heavy atom. The van der Waals surface area contributed by atoms with Crippen molar-refractivity contribution in [3.05, 3.63) is 50.8 Å². The Balaban J connectivity index is 1.28. The maximum Gasteiger partial charge on any atom is 0.289 e. The number of hydrogen-bond acceptors (Lipinski definition) is 6. The van der Waals surface area contributed by atoms with E-state index in [0.717, 1.165) is 15.3 Å². The van der Waals surface area contributed by atoms with E-state index in [4.69, 9.17) is 4.42 Å². The lowest BCUT2D eigenvalue weighted by molar-refractivity contribution is -0.122. The van der Waals surface area contributed by atoms with Crippen molar-refractivity contribution in [1.82, 2.24) is 20.2 Å². The van der Waals surface area contributed by atoms with Gasteiger partial charge in [0.2, 0.25) is 5.91 Å². The molecule has 0 saturated carbocycles. The van der Waals surface area contributed by atoms with Gasteiger partial charge in [-0.3, -0.25) is 14.4 Å². The van der Waals surface area contributed by atoms with Gasteiger partial charge in [0.15, 0.2) is 5.76 Å². The smallest absolute Gasteiger partial charge is 0.289 e. The van der Waals surface area contributed by atoms with E-state index < -0.39 is 0 Å². The van der Waals surface area contributed by atoms with Crippen LogP contribution >= 0.6 is 11.3 Å². The highest BCUT2D eigenvalue weighted by Crippen LogP contribution is 2.25. The highest BCUT2D eigenvalue weighted by atomic mass is 32.1. The minimum atomic E-state index is -0.147. The normalized spacial score (nSPS) is 14.9. The minimum absolute atomic E-state index is 0.0373. The quantitative estimate of drug-likeness (QED) is 0.649. The number of carbonyl (C=O) groups is 2. The van der Waals surface area contributed by atoms with Crippen molar-refractivity contribution < 1.29 is 14.0 Å². The predicted octanol–water partition coefficient (Wildman–Crippen LogP) is 2.55. The molecule has 1 fully saturated rings. The number of aromatic nitrogens is 2. The first-order chi connectivity index (χ1) is 14.4. The number of likely N-dealkylation sites (tertiary alicyclic amines) is 1. The molecule has 2 N–H and O–H groups in total. The summed E-state index contributed by atoms with van der Waals surface area (Å²) in [5.74, 6) is 0.677. The van der Waals surface area contributed by atoms with Crippen LogP contribution in [-0.4, -0.2) is 45.8 Å². The number of nitrogens with one attached hydrogen (secondary N) is 2. The molecule has 158 valence electrons. The molecule has 0 unspecified atom stereocenters. The van der Waals surface area contributed by atoms with Gasteiger partial charge in [-0.2, -0.15) is 0 Å². The zero-order valence-corrected chi connectivity index (χ0v) is 17.8. The van der Waals surface area contributed by atoms with Crippen molar-refractivity contribution in [2.45, 2.75) is 45.6 Å². The largest absolute Gasteiger partial charge is 0.459 e. The van der Waals surface area contributed by atoms with Crippen LogP contribution in [-0.2, 0) is 11.2 Å². The molecular weight excluding hydrogens is 404 g/mol. The Morgan fingerprint density at radius 1 is 1.33 bits per heavy atom. The summed E-state index contributed by atoms with van der Waals surface area (Å²) < 4.78 is 5.17. The number of nitrogens with zero attached hydrogens (tertiary/aromatic N) is 2. The van der Waals surface area contributed by atoms with E-state index in [2.05, 4.69) is 15.3 Å². The van der Waals surface area contributed by atoms with Crippen molar-refractivity contribution in [3.8, 4) is 0 Å². The topological polar surface area (TPSA) is 108 Å². The van der Waals surface area contributed by atoms with Gasteiger partial charge in [0, 0.05) is 36.9 Å². The fourth-order valence-electron chi connectivity index (χ4n) is 3.73. The van der Waals surface area contributed by atoms with Crippen molar-refractivity contribution in [1.29, 1.82) is 0 Å². The van der Waals surface area contributed by atoms with Crippen LogP contribution in [0.15, 0.2) is 27.6 Å². The molecule has 0 atom stereocenters. The number of fused-ring (bicyclic) bond motifs is 1. The van der Waals surface area contributed by atoms with E-state index in [1.807, 2.05) is 13.8 Å². The van der Waals surface area contributed by atoms with Crippen LogP contribution in [0.5, 0.6) is 0 Å². The Labute approximate surface area is 177 Å². The summed E-state index contributed by atoms with van der Waals surface area (Å²) in [5.41, 5.74) is 0.816. The van der Waals surface area contributed by atoms with Gasteiger partial charge in [-0.05, 0) is 44.4 Å². The van der Waals surface area contributed by atoms with E-state index >= 15 is 0 Å². The van der Waals surface area contributed by atoms with Gasteiger partial charge >= 0.3 is 0 Å². The third kappa shape index (κ3) is 4.16.